The van der Waals surface area contributed by atoms with Gasteiger partial charge in [-0.25, -0.2) is 0 Å². The van der Waals surface area contributed by atoms with E-state index in [1.165, 1.54) is 6.42 Å². The number of hydrogen-bond acceptors (Lipinski definition) is 2. The van der Waals surface area contributed by atoms with Crippen LogP contribution < -0.4 is 5.73 Å². The normalized spacial score (nSPS) is 33.0. The topological polar surface area (TPSA) is 43.8 Å². The lowest BCUT2D eigenvalue weighted by Crippen LogP contribution is -2.48. The zero-order valence-electron chi connectivity index (χ0n) is 12.2. The van der Waals surface area contributed by atoms with Crippen molar-refractivity contribution in [2.24, 2.45) is 17.6 Å². The summed E-state index contributed by atoms with van der Waals surface area (Å²) in [6, 6.07) is 2.55. The van der Waals surface area contributed by atoms with Gasteiger partial charge in [-0.15, -0.1) is 0 Å². The molecule has 18 heavy (non-hydrogen) atoms. The van der Waals surface area contributed by atoms with Crippen molar-refractivity contribution in [3.8, 4) is 0 Å². The Hall–Kier alpha value is -0.830. The molecule has 3 nitrogen and oxygen atoms in total. The van der Waals surface area contributed by atoms with Crippen molar-refractivity contribution in [3.05, 3.63) is 18.0 Å². The van der Waals surface area contributed by atoms with Gasteiger partial charge in [0.2, 0.25) is 0 Å². The fourth-order valence-corrected chi connectivity index (χ4v) is 3.59. The van der Waals surface area contributed by atoms with Gasteiger partial charge in [0, 0.05) is 24.2 Å². The molecule has 1 aliphatic carbocycles. The first-order valence-corrected chi connectivity index (χ1v) is 7.21. The summed E-state index contributed by atoms with van der Waals surface area (Å²) in [4.78, 5) is 0. The summed E-state index contributed by atoms with van der Waals surface area (Å²) in [6.45, 7) is 8.95. The highest BCUT2D eigenvalue weighted by molar-refractivity contribution is 5.07. The van der Waals surface area contributed by atoms with Crippen LogP contribution in [-0.4, -0.2) is 15.3 Å². The SMILES string of the molecule is CC1CC(C)CC(N)(Cc2ccn(C(C)C)n2)C1. The molecule has 1 aromatic heterocycles. The number of nitrogens with two attached hydrogens (primary N) is 1. The largest absolute Gasteiger partial charge is 0.325 e. The Kier molecular flexibility index (Phi) is 3.81. The van der Waals surface area contributed by atoms with Crippen LogP contribution in [0.15, 0.2) is 12.3 Å². The highest BCUT2D eigenvalue weighted by Crippen LogP contribution is 2.36. The minimum absolute atomic E-state index is 0.0484. The van der Waals surface area contributed by atoms with E-state index in [9.17, 15) is 0 Å². The van der Waals surface area contributed by atoms with Crippen LogP contribution in [0.4, 0.5) is 0 Å². The van der Waals surface area contributed by atoms with Crippen molar-refractivity contribution < 1.29 is 0 Å². The Bertz CT molecular complexity index is 384. The van der Waals surface area contributed by atoms with E-state index in [0.717, 1.165) is 36.8 Å². The van der Waals surface area contributed by atoms with E-state index in [4.69, 9.17) is 5.73 Å². The van der Waals surface area contributed by atoms with Gasteiger partial charge in [0.1, 0.15) is 0 Å². The van der Waals surface area contributed by atoms with E-state index in [0.29, 0.717) is 6.04 Å². The average molecular weight is 249 g/mol. The molecule has 0 amide bonds. The van der Waals surface area contributed by atoms with Crippen molar-refractivity contribution in [3.63, 3.8) is 0 Å². The minimum Gasteiger partial charge on any atom is -0.325 e. The van der Waals surface area contributed by atoms with Crippen molar-refractivity contribution in [1.82, 2.24) is 9.78 Å². The Morgan fingerprint density at radius 2 is 2.00 bits per heavy atom. The predicted molar refractivity (Wildman–Crippen MR) is 75.4 cm³/mol. The summed E-state index contributed by atoms with van der Waals surface area (Å²) < 4.78 is 2.02. The van der Waals surface area contributed by atoms with E-state index in [2.05, 4.69) is 45.1 Å². The predicted octanol–water partition coefficient (Wildman–Crippen LogP) is 3.16. The van der Waals surface area contributed by atoms with E-state index >= 15 is 0 Å². The molecule has 2 atom stereocenters. The molecule has 2 unspecified atom stereocenters. The third-order valence-corrected chi connectivity index (χ3v) is 4.04. The molecule has 1 fully saturated rings. The van der Waals surface area contributed by atoms with Crippen molar-refractivity contribution in [2.45, 2.75) is 65.0 Å². The molecule has 1 saturated carbocycles. The average Bonchev–Trinajstić information content (AvgIpc) is 2.62. The molecule has 0 spiro atoms. The standard InChI is InChI=1S/C15H27N3/c1-11(2)18-6-5-14(17-18)10-15(16)8-12(3)7-13(4)9-15/h5-6,11-13H,7-10,16H2,1-4H3. The quantitative estimate of drug-likeness (QED) is 0.894. The van der Waals surface area contributed by atoms with Gasteiger partial charge in [-0.2, -0.15) is 5.10 Å². The Labute approximate surface area is 111 Å². The molecular weight excluding hydrogens is 222 g/mol. The Morgan fingerprint density at radius 1 is 1.39 bits per heavy atom. The second kappa shape index (κ2) is 5.04. The fourth-order valence-electron chi connectivity index (χ4n) is 3.59. The first kappa shape index (κ1) is 13.6. The van der Waals surface area contributed by atoms with Gasteiger partial charge in [-0.1, -0.05) is 13.8 Å². The lowest BCUT2D eigenvalue weighted by molar-refractivity contribution is 0.181. The molecule has 102 valence electrons. The van der Waals surface area contributed by atoms with Crippen molar-refractivity contribution in [1.29, 1.82) is 0 Å². The first-order chi connectivity index (χ1) is 8.38. The number of hydrogen-bond donors (Lipinski definition) is 1. The summed E-state index contributed by atoms with van der Waals surface area (Å²) in [5.41, 5.74) is 7.71. The van der Waals surface area contributed by atoms with E-state index in [1.807, 2.05) is 4.68 Å². The molecule has 0 radical (unpaired) electrons. The molecule has 2 rings (SSSR count). The summed E-state index contributed by atoms with van der Waals surface area (Å²) in [6.07, 6.45) is 6.57. The van der Waals surface area contributed by atoms with Gasteiger partial charge in [0.15, 0.2) is 0 Å². The van der Waals surface area contributed by atoms with Gasteiger partial charge in [0.25, 0.3) is 0 Å². The lowest BCUT2D eigenvalue weighted by Gasteiger charge is -2.39. The molecule has 1 aromatic rings. The summed E-state index contributed by atoms with van der Waals surface area (Å²) in [7, 11) is 0. The van der Waals surface area contributed by atoms with Crippen molar-refractivity contribution >= 4 is 0 Å². The first-order valence-electron chi connectivity index (χ1n) is 7.21. The summed E-state index contributed by atoms with van der Waals surface area (Å²) >= 11 is 0. The third-order valence-electron chi connectivity index (χ3n) is 4.04. The number of aromatic nitrogens is 2. The van der Waals surface area contributed by atoms with E-state index in [1.54, 1.807) is 0 Å². The molecule has 1 aliphatic rings. The van der Waals surface area contributed by atoms with Crippen LogP contribution >= 0.6 is 0 Å². The maximum Gasteiger partial charge on any atom is 0.0643 e. The van der Waals surface area contributed by atoms with Crippen LogP contribution in [0.5, 0.6) is 0 Å². The molecule has 0 aliphatic heterocycles. The van der Waals surface area contributed by atoms with Crippen LogP contribution in [0.3, 0.4) is 0 Å². The van der Waals surface area contributed by atoms with Crippen LogP contribution in [0.25, 0.3) is 0 Å². The van der Waals surface area contributed by atoms with E-state index in [-0.39, 0.29) is 5.54 Å². The molecule has 0 bridgehead atoms. The van der Waals surface area contributed by atoms with Crippen LogP contribution in [-0.2, 0) is 6.42 Å². The van der Waals surface area contributed by atoms with Gasteiger partial charge >= 0.3 is 0 Å². The second-order valence-electron chi connectivity index (χ2n) is 6.77. The molecule has 0 saturated heterocycles. The highest BCUT2D eigenvalue weighted by atomic mass is 15.3. The van der Waals surface area contributed by atoms with Crippen LogP contribution in [0.2, 0.25) is 0 Å². The zero-order chi connectivity index (χ0) is 13.3. The number of rotatable bonds is 3. The van der Waals surface area contributed by atoms with Crippen LogP contribution in [0.1, 0.15) is 58.7 Å². The highest BCUT2D eigenvalue weighted by Gasteiger charge is 2.35. The van der Waals surface area contributed by atoms with Gasteiger partial charge in [-0.05, 0) is 51.0 Å². The maximum absolute atomic E-state index is 6.61. The lowest BCUT2D eigenvalue weighted by atomic mass is 9.70. The molecule has 1 heterocycles. The molecule has 0 aromatic carbocycles. The minimum atomic E-state index is -0.0484. The molecular formula is C15H27N3. The Morgan fingerprint density at radius 3 is 2.50 bits per heavy atom. The summed E-state index contributed by atoms with van der Waals surface area (Å²) in [5, 5.41) is 4.64. The zero-order valence-corrected chi connectivity index (χ0v) is 12.2. The second-order valence-corrected chi connectivity index (χ2v) is 6.77. The molecule has 2 N–H and O–H groups in total. The molecule has 3 heteroatoms. The number of nitrogens with zero attached hydrogens (tertiary/aromatic N) is 2. The van der Waals surface area contributed by atoms with E-state index < -0.39 is 0 Å². The fraction of sp³-hybridized carbons (Fsp3) is 0.800. The van der Waals surface area contributed by atoms with Crippen molar-refractivity contribution in [2.75, 3.05) is 0 Å². The third kappa shape index (κ3) is 3.14. The monoisotopic (exact) mass is 249 g/mol. The Balaban J connectivity index is 2.06. The maximum atomic E-state index is 6.61. The van der Waals surface area contributed by atoms with Gasteiger partial charge in [0.05, 0.1) is 5.69 Å². The van der Waals surface area contributed by atoms with Gasteiger partial charge in [-0.3, -0.25) is 4.68 Å². The summed E-state index contributed by atoms with van der Waals surface area (Å²) in [5.74, 6) is 1.48. The van der Waals surface area contributed by atoms with Crippen LogP contribution in [0, 0.1) is 11.8 Å². The smallest absolute Gasteiger partial charge is 0.0643 e. The van der Waals surface area contributed by atoms with Gasteiger partial charge < -0.3 is 5.73 Å².